The first-order chi connectivity index (χ1) is 8.65. The minimum Gasteiger partial charge on any atom is -0.381 e. The van der Waals surface area contributed by atoms with Gasteiger partial charge in [-0.05, 0) is 33.7 Å². The number of rotatable bonds is 4. The molecule has 3 unspecified atom stereocenters. The first kappa shape index (κ1) is 13.8. The molecule has 0 aliphatic carbocycles. The summed E-state index contributed by atoms with van der Waals surface area (Å²) in [6.45, 7) is 5.44. The third kappa shape index (κ3) is 2.84. The fourth-order valence-electron chi connectivity index (χ4n) is 2.38. The predicted molar refractivity (Wildman–Crippen MR) is 76.4 cm³/mol. The zero-order valence-corrected chi connectivity index (χ0v) is 12.5. The number of piperidine rings is 1. The summed E-state index contributed by atoms with van der Waals surface area (Å²) in [6, 6.07) is 0.828. The Morgan fingerprint density at radius 1 is 1.61 bits per heavy atom. The molecule has 0 saturated carbocycles. The van der Waals surface area contributed by atoms with Gasteiger partial charge >= 0.3 is 0 Å². The smallest absolute Gasteiger partial charge is 0.185 e. The SMILES string of the molecule is CNC(C)c1csc(N2CCC(OC)CC2C)n1. The van der Waals surface area contributed by atoms with E-state index in [0.29, 0.717) is 18.2 Å². The minimum absolute atomic E-state index is 0.321. The van der Waals surface area contributed by atoms with Crippen LogP contribution in [0.25, 0.3) is 0 Å². The summed E-state index contributed by atoms with van der Waals surface area (Å²) in [5.74, 6) is 0. The first-order valence-corrected chi connectivity index (χ1v) is 7.45. The van der Waals surface area contributed by atoms with Gasteiger partial charge in [0.25, 0.3) is 0 Å². The maximum Gasteiger partial charge on any atom is 0.185 e. The van der Waals surface area contributed by atoms with Crippen LogP contribution in [0.2, 0.25) is 0 Å². The van der Waals surface area contributed by atoms with Crippen LogP contribution >= 0.6 is 11.3 Å². The molecule has 0 aromatic carbocycles. The van der Waals surface area contributed by atoms with Gasteiger partial charge in [-0.25, -0.2) is 4.98 Å². The Hall–Kier alpha value is -0.650. The Morgan fingerprint density at radius 2 is 2.39 bits per heavy atom. The number of hydrogen-bond donors (Lipinski definition) is 1. The fourth-order valence-corrected chi connectivity index (χ4v) is 3.43. The van der Waals surface area contributed by atoms with Crippen LogP contribution in [0, 0.1) is 0 Å². The molecule has 0 amide bonds. The highest BCUT2D eigenvalue weighted by Gasteiger charge is 2.27. The van der Waals surface area contributed by atoms with Crippen molar-refractivity contribution in [2.45, 2.75) is 44.9 Å². The van der Waals surface area contributed by atoms with E-state index in [9.17, 15) is 0 Å². The molecule has 0 radical (unpaired) electrons. The van der Waals surface area contributed by atoms with E-state index >= 15 is 0 Å². The molecule has 0 bridgehead atoms. The highest BCUT2D eigenvalue weighted by molar-refractivity contribution is 7.13. The molecular formula is C13H23N3OS. The standard InChI is InChI=1S/C13H23N3OS/c1-9-7-11(17-4)5-6-16(9)13-15-12(8-18-13)10(2)14-3/h8-11,14H,5-7H2,1-4H3. The van der Waals surface area contributed by atoms with Crippen LogP contribution in [0.3, 0.4) is 0 Å². The van der Waals surface area contributed by atoms with Crippen molar-refractivity contribution in [3.63, 3.8) is 0 Å². The topological polar surface area (TPSA) is 37.4 Å². The molecule has 1 saturated heterocycles. The van der Waals surface area contributed by atoms with Crippen molar-refractivity contribution in [1.29, 1.82) is 0 Å². The summed E-state index contributed by atoms with van der Waals surface area (Å²) in [4.78, 5) is 7.16. The van der Waals surface area contributed by atoms with Crippen LogP contribution in [0.5, 0.6) is 0 Å². The van der Waals surface area contributed by atoms with Gasteiger partial charge in [0.1, 0.15) is 0 Å². The third-order valence-corrected chi connectivity index (χ3v) is 4.69. The predicted octanol–water partition coefficient (Wildman–Crippen LogP) is 2.43. The van der Waals surface area contributed by atoms with Gasteiger partial charge in [0.2, 0.25) is 0 Å². The number of nitrogens with one attached hydrogen (secondary N) is 1. The van der Waals surface area contributed by atoms with Gasteiger partial charge < -0.3 is 15.0 Å². The minimum atomic E-state index is 0.321. The number of hydrogen-bond acceptors (Lipinski definition) is 5. The van der Waals surface area contributed by atoms with Crippen LogP contribution in [0.1, 0.15) is 38.4 Å². The Bertz CT molecular complexity index is 382. The zero-order valence-electron chi connectivity index (χ0n) is 11.6. The van der Waals surface area contributed by atoms with Crippen LogP contribution in [0.4, 0.5) is 5.13 Å². The molecule has 1 fully saturated rings. The van der Waals surface area contributed by atoms with Crippen LogP contribution in [-0.4, -0.2) is 37.8 Å². The van der Waals surface area contributed by atoms with Gasteiger partial charge in [-0.2, -0.15) is 0 Å². The fraction of sp³-hybridized carbons (Fsp3) is 0.769. The normalized spacial score (nSPS) is 26.3. The lowest BCUT2D eigenvalue weighted by Gasteiger charge is -2.36. The molecule has 5 heteroatoms. The summed E-state index contributed by atoms with van der Waals surface area (Å²) >= 11 is 1.75. The Kier molecular flexibility index (Phi) is 4.59. The summed E-state index contributed by atoms with van der Waals surface area (Å²) in [5, 5.41) is 6.54. The second kappa shape index (κ2) is 5.99. The van der Waals surface area contributed by atoms with Gasteiger partial charge in [0.05, 0.1) is 11.8 Å². The van der Waals surface area contributed by atoms with Crippen LogP contribution in [-0.2, 0) is 4.74 Å². The molecule has 1 aromatic heterocycles. The molecule has 102 valence electrons. The van der Waals surface area contributed by atoms with Crippen LogP contribution < -0.4 is 10.2 Å². The first-order valence-electron chi connectivity index (χ1n) is 6.57. The highest BCUT2D eigenvalue weighted by atomic mass is 32.1. The van der Waals surface area contributed by atoms with E-state index in [1.165, 1.54) is 0 Å². The molecule has 1 N–H and O–H groups in total. The number of aromatic nitrogens is 1. The lowest BCUT2D eigenvalue weighted by Crippen LogP contribution is -2.43. The van der Waals surface area contributed by atoms with Crippen molar-refractivity contribution in [3.05, 3.63) is 11.1 Å². The second-order valence-electron chi connectivity index (χ2n) is 4.99. The Balaban J connectivity index is 2.05. The molecule has 1 aliphatic heterocycles. The zero-order chi connectivity index (χ0) is 13.1. The van der Waals surface area contributed by atoms with Crippen molar-refractivity contribution in [1.82, 2.24) is 10.3 Å². The van der Waals surface area contributed by atoms with E-state index in [0.717, 1.165) is 30.2 Å². The third-order valence-electron chi connectivity index (χ3n) is 3.79. The van der Waals surface area contributed by atoms with Crippen molar-refractivity contribution in [3.8, 4) is 0 Å². The van der Waals surface area contributed by atoms with Crippen molar-refractivity contribution in [2.75, 3.05) is 25.6 Å². The molecule has 1 aliphatic rings. The number of methoxy groups -OCH3 is 1. The summed E-state index contributed by atoms with van der Waals surface area (Å²) < 4.78 is 5.45. The molecule has 2 heterocycles. The number of nitrogens with zero attached hydrogens (tertiary/aromatic N) is 2. The largest absolute Gasteiger partial charge is 0.381 e. The highest BCUT2D eigenvalue weighted by Crippen LogP contribution is 2.30. The average molecular weight is 269 g/mol. The summed E-state index contributed by atoms with van der Waals surface area (Å²) in [7, 11) is 3.78. The van der Waals surface area contributed by atoms with E-state index in [4.69, 9.17) is 9.72 Å². The molecule has 18 heavy (non-hydrogen) atoms. The Morgan fingerprint density at radius 3 is 3.00 bits per heavy atom. The monoisotopic (exact) mass is 269 g/mol. The van der Waals surface area contributed by atoms with Crippen molar-refractivity contribution < 1.29 is 4.74 Å². The molecule has 2 rings (SSSR count). The summed E-state index contributed by atoms with van der Waals surface area (Å²) in [6.07, 6.45) is 2.59. The average Bonchev–Trinajstić information content (AvgIpc) is 2.87. The molecule has 0 spiro atoms. The van der Waals surface area contributed by atoms with Gasteiger partial charge in [-0.3, -0.25) is 0 Å². The van der Waals surface area contributed by atoms with E-state index in [2.05, 4.69) is 29.4 Å². The quantitative estimate of drug-likeness (QED) is 0.911. The second-order valence-corrected chi connectivity index (χ2v) is 5.83. The van der Waals surface area contributed by atoms with Crippen LogP contribution in [0.15, 0.2) is 5.38 Å². The summed E-state index contributed by atoms with van der Waals surface area (Å²) in [5.41, 5.74) is 1.14. The lowest BCUT2D eigenvalue weighted by molar-refractivity contribution is 0.0721. The Labute approximate surface area is 113 Å². The number of thiazole rings is 1. The van der Waals surface area contributed by atoms with E-state index < -0.39 is 0 Å². The van der Waals surface area contributed by atoms with Gasteiger partial charge in [-0.1, -0.05) is 0 Å². The number of anilines is 1. The lowest BCUT2D eigenvalue weighted by atomic mass is 10.0. The molecule has 3 atom stereocenters. The molecular weight excluding hydrogens is 246 g/mol. The van der Waals surface area contributed by atoms with Gasteiger partial charge in [0, 0.05) is 31.1 Å². The van der Waals surface area contributed by atoms with Crippen molar-refractivity contribution >= 4 is 16.5 Å². The van der Waals surface area contributed by atoms with Gasteiger partial charge in [0.15, 0.2) is 5.13 Å². The van der Waals surface area contributed by atoms with Gasteiger partial charge in [-0.15, -0.1) is 11.3 Å². The maximum atomic E-state index is 5.45. The van der Waals surface area contributed by atoms with E-state index in [1.54, 1.807) is 11.3 Å². The van der Waals surface area contributed by atoms with Crippen molar-refractivity contribution in [2.24, 2.45) is 0 Å². The molecule has 1 aromatic rings. The maximum absolute atomic E-state index is 5.45. The van der Waals surface area contributed by atoms with E-state index in [1.807, 2.05) is 14.2 Å². The molecule has 4 nitrogen and oxygen atoms in total. The van der Waals surface area contributed by atoms with E-state index in [-0.39, 0.29) is 0 Å². The number of ether oxygens (including phenoxy) is 1.